The average Bonchev–Trinajstić information content (AvgIpc) is 3.58. The second-order valence-electron chi connectivity index (χ2n) is 22.6. The van der Waals surface area contributed by atoms with E-state index in [0.29, 0.717) is 0 Å². The van der Waals surface area contributed by atoms with Crippen LogP contribution in [0.1, 0.15) is 108 Å². The summed E-state index contributed by atoms with van der Waals surface area (Å²) in [4.78, 5) is 0. The lowest BCUT2D eigenvalue weighted by molar-refractivity contribution is 0.584. The molecular formula is C75H68N4. The number of benzene rings is 10. The third-order valence-electron chi connectivity index (χ3n) is 18.4. The standard InChI is InChI=1S/C70H54N4.C3H8.C2H6/c1-39-41(3)65-68-52(38-58-56-36-46(28-32-64(56)73(69(58)65)47-17-9-7-10-18-47)44-26-30-62-54(34-44)50-22-14-16-24-60(50)72(62)6)40(2)42(4)66-67(68)51(39)37-57-55-35-45(27-31-63(55)74(70(57)66)48-19-11-8-12-20-48)43-25-29-61-53(33-43)49-21-13-15-23-59(49)71(61)5;1-3-2;1-2/h7-42H,1-6H3;3H2,1-2H3;1-2H3. The van der Waals surface area contributed by atoms with Crippen LogP contribution in [-0.2, 0) is 14.1 Å². The predicted molar refractivity (Wildman–Crippen MR) is 340 cm³/mol. The van der Waals surface area contributed by atoms with Crippen LogP contribution >= 0.6 is 0 Å². The van der Waals surface area contributed by atoms with Gasteiger partial charge in [0, 0.05) is 90.6 Å². The van der Waals surface area contributed by atoms with Gasteiger partial charge in [0.1, 0.15) is 0 Å². The molecule has 0 radical (unpaired) electrons. The minimum atomic E-state index is 0.260. The summed E-state index contributed by atoms with van der Waals surface area (Å²) in [6.45, 7) is 18.3. The highest BCUT2D eigenvalue weighted by molar-refractivity contribution is 6.18. The number of fused-ring (bicyclic) bond motifs is 14. The fourth-order valence-electron chi connectivity index (χ4n) is 14.4. The van der Waals surface area contributed by atoms with Gasteiger partial charge in [0.15, 0.2) is 0 Å². The van der Waals surface area contributed by atoms with Crippen molar-refractivity contribution in [1.29, 1.82) is 0 Å². The molecule has 4 unspecified atom stereocenters. The average molecular weight is 1030 g/mol. The number of nitrogens with zero attached hydrogens (tertiary/aromatic N) is 4. The predicted octanol–water partition coefficient (Wildman–Crippen LogP) is 21.1. The van der Waals surface area contributed by atoms with E-state index in [1.807, 2.05) is 13.8 Å². The van der Waals surface area contributed by atoms with Crippen molar-refractivity contribution in [1.82, 2.24) is 18.3 Å². The molecule has 0 saturated carbocycles. The van der Waals surface area contributed by atoms with Crippen LogP contribution in [0.4, 0.5) is 0 Å². The third-order valence-corrected chi connectivity index (χ3v) is 18.4. The molecule has 4 heteroatoms. The van der Waals surface area contributed by atoms with E-state index in [-0.39, 0.29) is 23.7 Å². The van der Waals surface area contributed by atoms with Crippen LogP contribution in [0.2, 0.25) is 0 Å². The first-order valence-corrected chi connectivity index (χ1v) is 29.0. The molecule has 388 valence electrons. The first-order valence-electron chi connectivity index (χ1n) is 29.0. The van der Waals surface area contributed by atoms with E-state index in [9.17, 15) is 0 Å². The Morgan fingerprint density at radius 2 is 0.620 bits per heavy atom. The molecule has 0 bridgehead atoms. The summed E-state index contributed by atoms with van der Waals surface area (Å²) in [5, 5.41) is 10.5. The normalized spacial score (nSPS) is 16.5. The molecule has 2 aliphatic carbocycles. The van der Waals surface area contributed by atoms with Gasteiger partial charge < -0.3 is 18.3 Å². The highest BCUT2D eigenvalue weighted by Gasteiger charge is 2.42. The van der Waals surface area contributed by atoms with E-state index in [0.717, 1.165) is 0 Å². The van der Waals surface area contributed by atoms with E-state index in [2.05, 4.69) is 268 Å². The Balaban J connectivity index is 0.00000109. The van der Waals surface area contributed by atoms with E-state index in [4.69, 9.17) is 0 Å². The highest BCUT2D eigenvalue weighted by atomic mass is 15.0. The topological polar surface area (TPSA) is 19.7 Å². The maximum atomic E-state index is 2.63. The molecule has 10 aromatic carbocycles. The number of hydrogen-bond donors (Lipinski definition) is 0. The summed E-state index contributed by atoms with van der Waals surface area (Å²) in [6, 6.07) is 73.6. The maximum Gasteiger partial charge on any atom is 0.0582 e. The van der Waals surface area contributed by atoms with Crippen LogP contribution in [0, 0.1) is 0 Å². The van der Waals surface area contributed by atoms with Crippen LogP contribution in [0.25, 0.3) is 132 Å². The zero-order chi connectivity index (χ0) is 54.1. The molecule has 0 fully saturated rings. The number of para-hydroxylation sites is 4. The Bertz CT molecular complexity index is 4460. The van der Waals surface area contributed by atoms with Gasteiger partial charge in [0.2, 0.25) is 0 Å². The molecule has 0 spiro atoms. The number of rotatable bonds is 4. The van der Waals surface area contributed by atoms with Crippen LogP contribution in [0.5, 0.6) is 0 Å². The van der Waals surface area contributed by atoms with Gasteiger partial charge in [0.25, 0.3) is 0 Å². The van der Waals surface area contributed by atoms with Crippen molar-refractivity contribution in [3.63, 3.8) is 0 Å². The molecule has 0 saturated heterocycles. The van der Waals surface area contributed by atoms with Gasteiger partial charge >= 0.3 is 0 Å². The molecule has 0 aliphatic heterocycles. The van der Waals surface area contributed by atoms with Crippen molar-refractivity contribution in [2.45, 2.75) is 85.5 Å². The van der Waals surface area contributed by atoms with Crippen molar-refractivity contribution < 1.29 is 0 Å². The second-order valence-corrected chi connectivity index (χ2v) is 22.6. The first kappa shape index (κ1) is 48.7. The van der Waals surface area contributed by atoms with Crippen molar-refractivity contribution in [2.75, 3.05) is 0 Å². The van der Waals surface area contributed by atoms with Crippen molar-refractivity contribution in [3.05, 3.63) is 216 Å². The summed E-state index contributed by atoms with van der Waals surface area (Å²) in [6.07, 6.45) is 1.25. The molecule has 2 aliphatic rings. The lowest BCUT2D eigenvalue weighted by Crippen LogP contribution is -2.24. The van der Waals surface area contributed by atoms with Crippen LogP contribution in [-0.4, -0.2) is 18.3 Å². The van der Waals surface area contributed by atoms with E-state index < -0.39 is 0 Å². The van der Waals surface area contributed by atoms with Gasteiger partial charge in [-0.25, -0.2) is 0 Å². The lowest BCUT2D eigenvalue weighted by atomic mass is 9.62. The van der Waals surface area contributed by atoms with Crippen LogP contribution in [0.3, 0.4) is 0 Å². The second kappa shape index (κ2) is 18.5. The van der Waals surface area contributed by atoms with Crippen molar-refractivity contribution in [2.24, 2.45) is 14.1 Å². The summed E-state index contributed by atoms with van der Waals surface area (Å²) >= 11 is 0. The van der Waals surface area contributed by atoms with Gasteiger partial charge in [-0.05, 0) is 176 Å². The molecule has 79 heavy (non-hydrogen) atoms. The van der Waals surface area contributed by atoms with Gasteiger partial charge in [-0.1, -0.05) is 159 Å². The quantitative estimate of drug-likeness (QED) is 0.167. The SMILES string of the molecule is CC.CC1c2cc3c4cc(-c5ccc6c(c5)c5ccccc5n6C)ccc4n(-c4ccccc4)c3c3c2-c2c(cc4c5cc(-c6ccc7c(c6)c6ccccc6n7C)ccc5n(-c5ccccc5)c4c2C1C)C(C)C3C.CCC. The molecule has 4 nitrogen and oxygen atoms in total. The van der Waals surface area contributed by atoms with E-state index in [1.54, 1.807) is 0 Å². The fourth-order valence-corrected chi connectivity index (χ4v) is 14.4. The van der Waals surface area contributed by atoms with E-state index in [1.165, 1.54) is 161 Å². The Labute approximate surface area is 463 Å². The molecule has 16 rings (SSSR count). The molecule has 4 aromatic heterocycles. The summed E-state index contributed by atoms with van der Waals surface area (Å²) in [5.41, 5.74) is 26.5. The molecule has 4 heterocycles. The van der Waals surface area contributed by atoms with Crippen LogP contribution < -0.4 is 0 Å². The van der Waals surface area contributed by atoms with E-state index >= 15 is 0 Å². The fraction of sp³-hybridized carbons (Fsp3) is 0.200. The summed E-state index contributed by atoms with van der Waals surface area (Å²) < 4.78 is 9.85. The molecule has 0 N–H and O–H groups in total. The summed E-state index contributed by atoms with van der Waals surface area (Å²) in [5.74, 6) is 1.07. The molecule has 14 aromatic rings. The Morgan fingerprint density at radius 3 is 0.987 bits per heavy atom. The Morgan fingerprint density at radius 1 is 0.316 bits per heavy atom. The van der Waals surface area contributed by atoms with Crippen LogP contribution in [0.15, 0.2) is 194 Å². The smallest absolute Gasteiger partial charge is 0.0582 e. The molecule has 4 atom stereocenters. The lowest BCUT2D eigenvalue weighted by Gasteiger charge is -2.42. The van der Waals surface area contributed by atoms with Gasteiger partial charge in [-0.15, -0.1) is 0 Å². The largest absolute Gasteiger partial charge is 0.344 e. The number of aryl methyl sites for hydroxylation is 2. The van der Waals surface area contributed by atoms with Gasteiger partial charge in [-0.3, -0.25) is 0 Å². The molecule has 0 amide bonds. The number of hydrogen-bond acceptors (Lipinski definition) is 0. The third kappa shape index (κ3) is 6.92. The minimum Gasteiger partial charge on any atom is -0.344 e. The highest BCUT2D eigenvalue weighted by Crippen LogP contribution is 2.61. The first-order chi connectivity index (χ1) is 38.6. The minimum absolute atomic E-state index is 0.260. The van der Waals surface area contributed by atoms with Gasteiger partial charge in [0.05, 0.1) is 22.1 Å². The van der Waals surface area contributed by atoms with Crippen molar-refractivity contribution in [3.8, 4) is 44.8 Å². The number of aromatic nitrogens is 4. The summed E-state index contributed by atoms with van der Waals surface area (Å²) in [7, 11) is 4.37. The Kier molecular flexibility index (Phi) is 11.4. The molecular weight excluding hydrogens is 957 g/mol. The van der Waals surface area contributed by atoms with Crippen molar-refractivity contribution >= 4 is 87.2 Å². The zero-order valence-corrected chi connectivity index (χ0v) is 47.3. The maximum absolute atomic E-state index is 2.63. The zero-order valence-electron chi connectivity index (χ0n) is 47.3. The monoisotopic (exact) mass is 1020 g/mol. The Hall–Kier alpha value is -8.60. The van der Waals surface area contributed by atoms with Gasteiger partial charge in [-0.2, -0.15) is 0 Å².